The van der Waals surface area contributed by atoms with Crippen molar-refractivity contribution in [1.29, 1.82) is 0 Å². The van der Waals surface area contributed by atoms with Crippen molar-refractivity contribution in [3.63, 3.8) is 0 Å². The molecule has 3 N–H and O–H groups in total. The number of primary amides is 1. The third-order valence-corrected chi connectivity index (χ3v) is 5.55. The number of amides is 1. The minimum atomic E-state index is -2.50. The summed E-state index contributed by atoms with van der Waals surface area (Å²) in [6, 6.07) is 7.67. The number of aromatic amines is 1. The lowest BCUT2D eigenvalue weighted by atomic mass is 9.80. The van der Waals surface area contributed by atoms with Gasteiger partial charge in [-0.2, -0.15) is 0 Å². The Balaban J connectivity index is 0.000000179. The summed E-state index contributed by atoms with van der Waals surface area (Å²) in [6.07, 6.45) is 4.61. The highest BCUT2D eigenvalue weighted by molar-refractivity contribution is 6.03. The van der Waals surface area contributed by atoms with Crippen LogP contribution in [0.3, 0.4) is 0 Å². The number of H-pyrrole nitrogens is 1. The number of rotatable bonds is 3. The van der Waals surface area contributed by atoms with Gasteiger partial charge in [-0.25, -0.2) is 13.2 Å². The summed E-state index contributed by atoms with van der Waals surface area (Å²) in [7, 11) is 0. The van der Waals surface area contributed by atoms with Crippen LogP contribution in [-0.2, 0) is 6.42 Å². The number of aromatic nitrogens is 2. The van der Waals surface area contributed by atoms with Crippen molar-refractivity contribution < 1.29 is 18.0 Å². The fraction of sp³-hybridized carbons (Fsp3) is 0.348. The Kier molecular flexibility index (Phi) is 6.77. The van der Waals surface area contributed by atoms with E-state index in [2.05, 4.69) is 9.97 Å². The van der Waals surface area contributed by atoms with Crippen molar-refractivity contribution in [2.75, 3.05) is 0 Å². The summed E-state index contributed by atoms with van der Waals surface area (Å²) in [5, 5.41) is 0.238. The van der Waals surface area contributed by atoms with Crippen molar-refractivity contribution in [1.82, 2.24) is 9.97 Å². The highest BCUT2D eigenvalue weighted by Crippen LogP contribution is 2.41. The second-order valence-corrected chi connectivity index (χ2v) is 7.62. The fourth-order valence-electron chi connectivity index (χ4n) is 3.94. The van der Waals surface area contributed by atoms with Crippen molar-refractivity contribution in [3.8, 4) is 0 Å². The molecule has 0 saturated heterocycles. The van der Waals surface area contributed by atoms with E-state index in [1.807, 2.05) is 6.92 Å². The molecule has 1 fully saturated rings. The summed E-state index contributed by atoms with van der Waals surface area (Å²) in [6.45, 7) is 1.97. The van der Waals surface area contributed by atoms with Crippen LogP contribution < -0.4 is 11.2 Å². The number of nitrogens with two attached hydrogens (primary N) is 1. The van der Waals surface area contributed by atoms with Gasteiger partial charge >= 0.3 is 0 Å². The number of pyridine rings is 2. The van der Waals surface area contributed by atoms with E-state index in [-0.39, 0.29) is 41.1 Å². The van der Waals surface area contributed by atoms with Crippen molar-refractivity contribution in [2.45, 2.75) is 50.9 Å². The minimum absolute atomic E-state index is 0.00403. The molecule has 0 radical (unpaired) electrons. The summed E-state index contributed by atoms with van der Waals surface area (Å²) in [4.78, 5) is 29.0. The molecule has 0 unspecified atom stereocenters. The Labute approximate surface area is 177 Å². The van der Waals surface area contributed by atoms with E-state index in [9.17, 15) is 22.8 Å². The maximum atomic E-state index is 13.1. The highest BCUT2D eigenvalue weighted by atomic mass is 19.3. The molecule has 1 saturated carbocycles. The lowest BCUT2D eigenvalue weighted by Crippen LogP contribution is -2.24. The Hall–Kier alpha value is -3.16. The van der Waals surface area contributed by atoms with Gasteiger partial charge in [0.15, 0.2) is 5.43 Å². The first kappa shape index (κ1) is 22.5. The minimum Gasteiger partial charge on any atom is -0.364 e. The van der Waals surface area contributed by atoms with Crippen LogP contribution in [0.2, 0.25) is 0 Å². The maximum Gasteiger partial charge on any atom is 0.268 e. The number of alkyl halides is 2. The smallest absolute Gasteiger partial charge is 0.268 e. The number of carbonyl (C=O) groups excluding carboxylic acids is 1. The highest BCUT2D eigenvalue weighted by Gasteiger charge is 2.35. The van der Waals surface area contributed by atoms with Gasteiger partial charge in [0.2, 0.25) is 5.92 Å². The average Bonchev–Trinajstić information content (AvgIpc) is 2.74. The van der Waals surface area contributed by atoms with Crippen LogP contribution in [-0.4, -0.2) is 21.8 Å². The first-order valence-electron chi connectivity index (χ1n) is 10.1. The van der Waals surface area contributed by atoms with Crippen LogP contribution in [0.25, 0.3) is 10.9 Å². The number of nitrogens with one attached hydrogen (secondary N) is 1. The van der Waals surface area contributed by atoms with Gasteiger partial charge in [0.1, 0.15) is 11.5 Å². The van der Waals surface area contributed by atoms with E-state index >= 15 is 0 Å². The molecule has 8 heteroatoms. The fourth-order valence-corrected chi connectivity index (χ4v) is 3.94. The molecule has 0 atom stereocenters. The zero-order valence-electron chi connectivity index (χ0n) is 17.1. The standard InChI is InChI=1S/C14H17F3.C9H7N3O2/c1-2-10-9-12(15)3-4-13(10)11-5-7-14(16,17)8-6-11;10-9(14)8-7-5(1-3-12-8)11-4-2-6(7)13/h3-4,9,11H,2,5-8H2,1H3;1-4H,(H2,10,14)(H,11,13). The third-order valence-electron chi connectivity index (χ3n) is 5.55. The van der Waals surface area contributed by atoms with E-state index in [4.69, 9.17) is 5.73 Å². The van der Waals surface area contributed by atoms with E-state index in [0.717, 1.165) is 17.5 Å². The third kappa shape index (κ3) is 5.31. The number of hydrogen-bond donors (Lipinski definition) is 2. The first-order valence-corrected chi connectivity index (χ1v) is 10.1. The van der Waals surface area contributed by atoms with Crippen LogP contribution in [0.5, 0.6) is 0 Å². The number of aryl methyl sites for hydroxylation is 1. The molecule has 1 aliphatic rings. The quantitative estimate of drug-likeness (QED) is 0.630. The molecule has 1 amide bonds. The lowest BCUT2D eigenvalue weighted by Gasteiger charge is -2.29. The Morgan fingerprint density at radius 3 is 2.58 bits per heavy atom. The van der Waals surface area contributed by atoms with Crippen LogP contribution in [0.1, 0.15) is 60.1 Å². The molecular formula is C23H24F3N3O2. The summed E-state index contributed by atoms with van der Waals surface area (Å²) >= 11 is 0. The van der Waals surface area contributed by atoms with Crippen molar-refractivity contribution >= 4 is 16.8 Å². The van der Waals surface area contributed by atoms with E-state index in [1.54, 1.807) is 12.1 Å². The van der Waals surface area contributed by atoms with Gasteiger partial charge in [-0.1, -0.05) is 13.0 Å². The van der Waals surface area contributed by atoms with Gasteiger partial charge in [0.25, 0.3) is 5.91 Å². The van der Waals surface area contributed by atoms with Crippen LogP contribution in [0, 0.1) is 5.82 Å². The molecule has 1 aromatic carbocycles. The number of carbonyl (C=O) groups is 1. The van der Waals surface area contributed by atoms with Crippen molar-refractivity contribution in [2.24, 2.45) is 5.73 Å². The number of hydrogen-bond acceptors (Lipinski definition) is 3. The van der Waals surface area contributed by atoms with Gasteiger partial charge in [-0.3, -0.25) is 14.6 Å². The second-order valence-electron chi connectivity index (χ2n) is 7.62. The van der Waals surface area contributed by atoms with E-state index < -0.39 is 11.8 Å². The zero-order chi connectivity index (χ0) is 22.6. The average molecular weight is 431 g/mol. The molecule has 0 spiro atoms. The van der Waals surface area contributed by atoms with Gasteiger partial charge in [0, 0.05) is 31.3 Å². The van der Waals surface area contributed by atoms with Crippen LogP contribution >= 0.6 is 0 Å². The number of halogens is 3. The number of nitrogens with zero attached hydrogens (tertiary/aromatic N) is 1. The van der Waals surface area contributed by atoms with Gasteiger partial charge < -0.3 is 10.7 Å². The number of benzene rings is 1. The van der Waals surface area contributed by atoms with Crippen LogP contribution in [0.4, 0.5) is 13.2 Å². The molecular weight excluding hydrogens is 407 g/mol. The summed E-state index contributed by atoms with van der Waals surface area (Å²) < 4.78 is 39.3. The molecule has 164 valence electrons. The van der Waals surface area contributed by atoms with Gasteiger partial charge in [0.05, 0.1) is 10.9 Å². The van der Waals surface area contributed by atoms with E-state index in [1.165, 1.54) is 30.6 Å². The normalized spacial score (nSPS) is 15.9. The Morgan fingerprint density at radius 1 is 1.23 bits per heavy atom. The van der Waals surface area contributed by atoms with Crippen molar-refractivity contribution in [3.05, 3.63) is 75.6 Å². The Morgan fingerprint density at radius 2 is 1.94 bits per heavy atom. The lowest BCUT2D eigenvalue weighted by molar-refractivity contribution is -0.0382. The zero-order valence-corrected chi connectivity index (χ0v) is 17.1. The molecule has 0 bridgehead atoms. The molecule has 3 aromatic rings. The first-order chi connectivity index (χ1) is 14.7. The molecule has 1 aliphatic carbocycles. The molecule has 4 rings (SSSR count). The maximum absolute atomic E-state index is 13.1. The molecule has 2 aromatic heterocycles. The summed E-state index contributed by atoms with van der Waals surface area (Å²) in [5.41, 5.74) is 7.41. The molecule has 31 heavy (non-hydrogen) atoms. The second kappa shape index (κ2) is 9.32. The molecule has 2 heterocycles. The predicted molar refractivity (Wildman–Crippen MR) is 113 cm³/mol. The van der Waals surface area contributed by atoms with E-state index in [0.29, 0.717) is 18.4 Å². The topological polar surface area (TPSA) is 88.8 Å². The predicted octanol–water partition coefficient (Wildman–Crippen LogP) is 4.70. The van der Waals surface area contributed by atoms with Gasteiger partial charge in [-0.15, -0.1) is 0 Å². The largest absolute Gasteiger partial charge is 0.364 e. The Bertz CT molecular complexity index is 1130. The number of fused-ring (bicyclic) bond motifs is 1. The molecule has 5 nitrogen and oxygen atoms in total. The SMILES string of the molecule is CCc1cc(F)ccc1C1CCC(F)(F)CC1.NC(=O)c1nccc2[nH]ccc(=O)c12. The molecule has 0 aliphatic heterocycles. The van der Waals surface area contributed by atoms with Gasteiger partial charge in [-0.05, 0) is 54.5 Å². The monoisotopic (exact) mass is 431 g/mol. The summed E-state index contributed by atoms with van der Waals surface area (Å²) in [5.74, 6) is -3.27. The van der Waals surface area contributed by atoms with Crippen LogP contribution in [0.15, 0.2) is 47.5 Å².